The second kappa shape index (κ2) is 3.42. The van der Waals surface area contributed by atoms with Crippen molar-refractivity contribution in [3.05, 3.63) is 35.0 Å². The Hall–Kier alpha value is -1.77. The van der Waals surface area contributed by atoms with E-state index in [9.17, 15) is 4.79 Å². The normalized spacial score (nSPS) is 10.6. The van der Waals surface area contributed by atoms with Gasteiger partial charge in [-0.3, -0.25) is 4.79 Å². The summed E-state index contributed by atoms with van der Waals surface area (Å²) in [5.41, 5.74) is 3.38. The Kier molecular flexibility index (Phi) is 2.23. The molecule has 76 valence electrons. The number of benzene rings is 1. The molecule has 0 aliphatic rings. The summed E-state index contributed by atoms with van der Waals surface area (Å²) in [6.07, 6.45) is 0. The predicted molar refractivity (Wildman–Crippen MR) is 59.0 cm³/mol. The largest absolute Gasteiger partial charge is 0.293 e. The van der Waals surface area contributed by atoms with Gasteiger partial charge in [0.2, 0.25) is 0 Å². The first kappa shape index (κ1) is 9.77. The van der Waals surface area contributed by atoms with Gasteiger partial charge in [0, 0.05) is 12.3 Å². The zero-order valence-corrected chi connectivity index (χ0v) is 9.03. The monoisotopic (exact) mass is 200 g/mol. The van der Waals surface area contributed by atoms with Crippen LogP contribution in [0.4, 0.5) is 0 Å². The molecule has 0 radical (unpaired) electrons. The minimum Gasteiger partial charge on any atom is -0.293 e. The van der Waals surface area contributed by atoms with Gasteiger partial charge in [-0.05, 0) is 31.5 Å². The number of nitrogens with zero attached hydrogens (tertiary/aromatic N) is 2. The predicted octanol–water partition coefficient (Wildman–Crippen LogP) is 2.45. The summed E-state index contributed by atoms with van der Waals surface area (Å²) in [6.45, 7) is 5.44. The van der Waals surface area contributed by atoms with Crippen LogP contribution in [0.15, 0.2) is 18.2 Å². The van der Waals surface area contributed by atoms with Gasteiger partial charge in [0.25, 0.3) is 0 Å². The molecule has 0 N–H and O–H groups in total. The van der Waals surface area contributed by atoms with Gasteiger partial charge in [0.05, 0.1) is 5.52 Å². The molecule has 0 fully saturated rings. The number of hydrogen-bond acceptors (Lipinski definition) is 3. The van der Waals surface area contributed by atoms with Gasteiger partial charge in [-0.1, -0.05) is 11.6 Å². The van der Waals surface area contributed by atoms with E-state index < -0.39 is 0 Å². The maximum Gasteiger partial charge on any atom is 0.180 e. The number of ketones is 1. The molecule has 1 aromatic carbocycles. The molecule has 3 nitrogen and oxygen atoms in total. The van der Waals surface area contributed by atoms with Gasteiger partial charge in [-0.25, -0.2) is 0 Å². The maximum absolute atomic E-state index is 11.3. The van der Waals surface area contributed by atoms with E-state index in [2.05, 4.69) is 10.2 Å². The van der Waals surface area contributed by atoms with Crippen molar-refractivity contribution >= 4 is 16.7 Å². The lowest BCUT2D eigenvalue weighted by molar-refractivity contribution is 0.101. The fraction of sp³-hybridized carbons (Fsp3) is 0.250. The number of hydrogen-bond donors (Lipinski definition) is 0. The van der Waals surface area contributed by atoms with Crippen LogP contribution in [-0.4, -0.2) is 16.0 Å². The molecule has 0 aliphatic carbocycles. The molecule has 1 heterocycles. The van der Waals surface area contributed by atoms with E-state index in [0.29, 0.717) is 5.69 Å². The first-order chi connectivity index (χ1) is 7.09. The van der Waals surface area contributed by atoms with E-state index in [-0.39, 0.29) is 5.78 Å². The minimum atomic E-state index is -0.0385. The molecule has 2 aromatic rings. The highest BCUT2D eigenvalue weighted by atomic mass is 16.1. The van der Waals surface area contributed by atoms with E-state index in [0.717, 1.165) is 22.0 Å². The molecule has 15 heavy (non-hydrogen) atoms. The number of carbonyl (C=O) groups excluding carboxylic acids is 1. The quantitative estimate of drug-likeness (QED) is 0.664. The van der Waals surface area contributed by atoms with Crippen molar-refractivity contribution < 1.29 is 4.79 Å². The first-order valence-corrected chi connectivity index (χ1v) is 4.84. The lowest BCUT2D eigenvalue weighted by Gasteiger charge is -2.05. The topological polar surface area (TPSA) is 42.9 Å². The Labute approximate surface area is 88.1 Å². The summed E-state index contributed by atoms with van der Waals surface area (Å²) in [6, 6.07) is 5.95. The molecule has 2 rings (SSSR count). The number of Topliss-reactive ketones (excluding diaryl/α,β-unsaturated/α-hetero) is 1. The van der Waals surface area contributed by atoms with Gasteiger partial charge in [0.1, 0.15) is 5.69 Å². The van der Waals surface area contributed by atoms with Crippen molar-refractivity contribution in [1.29, 1.82) is 0 Å². The van der Waals surface area contributed by atoms with Crippen molar-refractivity contribution in [2.75, 3.05) is 0 Å². The fourth-order valence-electron chi connectivity index (χ4n) is 1.68. The summed E-state index contributed by atoms with van der Waals surface area (Å²) in [7, 11) is 0. The molecule has 0 spiro atoms. The average Bonchev–Trinajstić information content (AvgIpc) is 2.19. The van der Waals surface area contributed by atoms with Crippen LogP contribution in [0.5, 0.6) is 0 Å². The SMILES string of the molecule is CC(=O)c1nnc2ccc(C)cc2c1C. The molecule has 0 bridgehead atoms. The van der Waals surface area contributed by atoms with Crippen LogP contribution in [0.25, 0.3) is 10.9 Å². The van der Waals surface area contributed by atoms with Gasteiger partial charge in [-0.15, -0.1) is 10.2 Å². The molecule has 0 unspecified atom stereocenters. The number of aromatic nitrogens is 2. The van der Waals surface area contributed by atoms with Gasteiger partial charge < -0.3 is 0 Å². The Morgan fingerprint density at radius 2 is 1.93 bits per heavy atom. The zero-order chi connectivity index (χ0) is 11.0. The van der Waals surface area contributed by atoms with Crippen molar-refractivity contribution in [3.63, 3.8) is 0 Å². The first-order valence-electron chi connectivity index (χ1n) is 4.84. The Balaban J connectivity index is 2.82. The van der Waals surface area contributed by atoms with E-state index in [1.54, 1.807) is 0 Å². The minimum absolute atomic E-state index is 0.0385. The Bertz CT molecular complexity index is 547. The highest BCUT2D eigenvalue weighted by Gasteiger charge is 2.10. The third-order valence-corrected chi connectivity index (χ3v) is 2.50. The van der Waals surface area contributed by atoms with Crippen LogP contribution < -0.4 is 0 Å². The highest BCUT2D eigenvalue weighted by molar-refractivity contribution is 5.98. The van der Waals surface area contributed by atoms with Crippen LogP contribution >= 0.6 is 0 Å². The third kappa shape index (κ3) is 1.61. The van der Waals surface area contributed by atoms with E-state index in [4.69, 9.17) is 0 Å². The summed E-state index contributed by atoms with van der Waals surface area (Å²) >= 11 is 0. The van der Waals surface area contributed by atoms with Crippen LogP contribution in [0.2, 0.25) is 0 Å². The second-order valence-corrected chi connectivity index (χ2v) is 3.75. The standard InChI is InChI=1S/C12H12N2O/c1-7-4-5-11-10(6-7)8(2)12(9(3)15)14-13-11/h4-6H,1-3H3. The lowest BCUT2D eigenvalue weighted by atomic mass is 10.1. The summed E-state index contributed by atoms with van der Waals surface area (Å²) in [4.78, 5) is 11.3. The number of carbonyl (C=O) groups is 1. The van der Waals surface area contributed by atoms with Crippen molar-refractivity contribution in [2.24, 2.45) is 0 Å². The van der Waals surface area contributed by atoms with Crippen molar-refractivity contribution in [3.8, 4) is 0 Å². The zero-order valence-electron chi connectivity index (χ0n) is 9.03. The average molecular weight is 200 g/mol. The Morgan fingerprint density at radius 3 is 2.60 bits per heavy atom. The van der Waals surface area contributed by atoms with Crippen LogP contribution in [0.3, 0.4) is 0 Å². The smallest absolute Gasteiger partial charge is 0.180 e. The molecular formula is C12H12N2O. The molecule has 0 atom stereocenters. The molecule has 1 aromatic heterocycles. The Morgan fingerprint density at radius 1 is 1.20 bits per heavy atom. The number of rotatable bonds is 1. The molecule has 0 aliphatic heterocycles. The van der Waals surface area contributed by atoms with Crippen molar-refractivity contribution in [1.82, 2.24) is 10.2 Å². The van der Waals surface area contributed by atoms with Crippen LogP contribution in [0, 0.1) is 13.8 Å². The molecule has 0 saturated carbocycles. The third-order valence-electron chi connectivity index (χ3n) is 2.50. The van der Waals surface area contributed by atoms with E-state index in [1.165, 1.54) is 6.92 Å². The lowest BCUT2D eigenvalue weighted by Crippen LogP contribution is -2.03. The molecular weight excluding hydrogens is 188 g/mol. The number of fused-ring (bicyclic) bond motifs is 1. The van der Waals surface area contributed by atoms with Crippen LogP contribution in [0.1, 0.15) is 28.5 Å². The van der Waals surface area contributed by atoms with Gasteiger partial charge >= 0.3 is 0 Å². The molecule has 3 heteroatoms. The highest BCUT2D eigenvalue weighted by Crippen LogP contribution is 2.19. The maximum atomic E-state index is 11.3. The summed E-state index contributed by atoms with van der Waals surface area (Å²) in [5.74, 6) is -0.0385. The van der Waals surface area contributed by atoms with Crippen LogP contribution in [-0.2, 0) is 0 Å². The van der Waals surface area contributed by atoms with Crippen molar-refractivity contribution in [2.45, 2.75) is 20.8 Å². The van der Waals surface area contributed by atoms with Gasteiger partial charge in [0.15, 0.2) is 5.78 Å². The van der Waals surface area contributed by atoms with E-state index in [1.807, 2.05) is 32.0 Å². The summed E-state index contributed by atoms with van der Waals surface area (Å²) in [5, 5.41) is 8.98. The number of aryl methyl sites for hydroxylation is 2. The molecule has 0 amide bonds. The molecule has 0 saturated heterocycles. The van der Waals surface area contributed by atoms with E-state index >= 15 is 0 Å². The second-order valence-electron chi connectivity index (χ2n) is 3.75. The summed E-state index contributed by atoms with van der Waals surface area (Å²) < 4.78 is 0. The fourth-order valence-corrected chi connectivity index (χ4v) is 1.68. The van der Waals surface area contributed by atoms with Gasteiger partial charge in [-0.2, -0.15) is 0 Å².